The predicted octanol–water partition coefficient (Wildman–Crippen LogP) is -0.0346. The van der Waals surface area contributed by atoms with E-state index in [2.05, 4.69) is 22.6 Å². The van der Waals surface area contributed by atoms with Crippen LogP contribution in [0.15, 0.2) is 0 Å². The summed E-state index contributed by atoms with van der Waals surface area (Å²) in [5.41, 5.74) is -0.390. The van der Waals surface area contributed by atoms with Crippen LogP contribution in [0.25, 0.3) is 0 Å². The van der Waals surface area contributed by atoms with E-state index < -0.39 is 5.54 Å². The number of carbonyl (C=O) groups excluding carboxylic acids is 1. The zero-order valence-electron chi connectivity index (χ0n) is 11.5. The summed E-state index contributed by atoms with van der Waals surface area (Å²) in [6, 6.07) is 0. The molecule has 2 N–H and O–H groups in total. The van der Waals surface area contributed by atoms with E-state index in [1.54, 1.807) is 0 Å². The van der Waals surface area contributed by atoms with Gasteiger partial charge in [-0.1, -0.05) is 0 Å². The second-order valence-corrected chi connectivity index (χ2v) is 5.68. The number of morpholine rings is 1. The number of piperidine rings is 1. The molecule has 104 valence electrons. The molecule has 2 aliphatic rings. The van der Waals surface area contributed by atoms with Crippen LogP contribution in [0, 0.1) is 0 Å². The van der Waals surface area contributed by atoms with Gasteiger partial charge in [-0.3, -0.25) is 4.79 Å². The molecule has 0 aromatic rings. The quantitative estimate of drug-likeness (QED) is 0.743. The zero-order chi connectivity index (χ0) is 13.0. The van der Waals surface area contributed by atoms with Gasteiger partial charge in [0.25, 0.3) is 0 Å². The first kappa shape index (κ1) is 13.8. The summed E-state index contributed by atoms with van der Waals surface area (Å²) in [6.45, 7) is 6.17. The summed E-state index contributed by atoms with van der Waals surface area (Å²) in [7, 11) is 2.08. The lowest BCUT2D eigenvalue weighted by Crippen LogP contribution is -2.58. The zero-order valence-corrected chi connectivity index (χ0v) is 11.5. The van der Waals surface area contributed by atoms with Gasteiger partial charge in [-0.15, -0.1) is 0 Å². The topological polar surface area (TPSA) is 53.6 Å². The fourth-order valence-corrected chi connectivity index (χ4v) is 2.64. The largest absolute Gasteiger partial charge is 0.374 e. The van der Waals surface area contributed by atoms with Crippen molar-refractivity contribution in [3.63, 3.8) is 0 Å². The first-order chi connectivity index (χ1) is 8.60. The lowest BCUT2D eigenvalue weighted by Gasteiger charge is -2.35. The van der Waals surface area contributed by atoms with Crippen LogP contribution in [0.5, 0.6) is 0 Å². The summed E-state index contributed by atoms with van der Waals surface area (Å²) >= 11 is 0. The van der Waals surface area contributed by atoms with Gasteiger partial charge >= 0.3 is 0 Å². The minimum absolute atomic E-state index is 0.110. The molecule has 2 fully saturated rings. The number of likely N-dealkylation sites (N-methyl/N-ethyl adjacent to an activating group) is 1. The normalized spacial score (nSPS) is 34.2. The van der Waals surface area contributed by atoms with Gasteiger partial charge in [0.1, 0.15) is 0 Å². The van der Waals surface area contributed by atoms with Crippen LogP contribution in [0.2, 0.25) is 0 Å². The van der Waals surface area contributed by atoms with E-state index in [0.717, 1.165) is 39.1 Å². The van der Waals surface area contributed by atoms with Crippen molar-refractivity contribution >= 4 is 5.91 Å². The molecule has 18 heavy (non-hydrogen) atoms. The number of hydrogen-bond donors (Lipinski definition) is 2. The van der Waals surface area contributed by atoms with E-state index in [1.165, 1.54) is 6.42 Å². The highest BCUT2D eigenvalue weighted by molar-refractivity contribution is 5.86. The minimum atomic E-state index is -0.390. The van der Waals surface area contributed by atoms with Crippen LogP contribution in [0.3, 0.4) is 0 Å². The molecule has 2 rings (SSSR count). The van der Waals surface area contributed by atoms with Crippen molar-refractivity contribution in [3.8, 4) is 0 Å². The SMILES string of the molecule is CN1CCOC(CNC(=O)C2(C)CCCCN2)C1. The number of nitrogens with one attached hydrogen (secondary N) is 2. The van der Waals surface area contributed by atoms with Crippen LogP contribution in [0.1, 0.15) is 26.2 Å². The second kappa shape index (κ2) is 5.99. The lowest BCUT2D eigenvalue weighted by atomic mass is 9.90. The highest BCUT2D eigenvalue weighted by atomic mass is 16.5. The Balaban J connectivity index is 1.76. The Morgan fingerprint density at radius 2 is 2.39 bits per heavy atom. The first-order valence-electron chi connectivity index (χ1n) is 6.94. The molecule has 2 heterocycles. The Kier molecular flexibility index (Phi) is 4.59. The predicted molar refractivity (Wildman–Crippen MR) is 70.5 cm³/mol. The molecule has 5 heteroatoms. The summed E-state index contributed by atoms with van der Waals surface area (Å²) in [5.74, 6) is 0.110. The van der Waals surface area contributed by atoms with E-state index in [0.29, 0.717) is 6.54 Å². The lowest BCUT2D eigenvalue weighted by molar-refractivity contribution is -0.129. The Morgan fingerprint density at radius 3 is 3.06 bits per heavy atom. The van der Waals surface area contributed by atoms with Crippen LogP contribution in [-0.2, 0) is 9.53 Å². The number of nitrogens with zero attached hydrogens (tertiary/aromatic N) is 1. The number of hydrogen-bond acceptors (Lipinski definition) is 4. The van der Waals surface area contributed by atoms with Gasteiger partial charge < -0.3 is 20.3 Å². The standard InChI is InChI=1S/C13H25N3O2/c1-13(5-3-4-6-15-13)12(17)14-9-11-10-16(2)7-8-18-11/h11,15H,3-10H2,1-2H3,(H,14,17). The molecule has 0 bridgehead atoms. The van der Waals surface area contributed by atoms with Crippen molar-refractivity contribution in [3.05, 3.63) is 0 Å². The van der Waals surface area contributed by atoms with Crippen molar-refractivity contribution < 1.29 is 9.53 Å². The molecule has 0 aromatic heterocycles. The van der Waals surface area contributed by atoms with Gasteiger partial charge in [0, 0.05) is 19.6 Å². The molecule has 2 aliphatic heterocycles. The van der Waals surface area contributed by atoms with Gasteiger partial charge in [-0.05, 0) is 39.8 Å². The highest BCUT2D eigenvalue weighted by Gasteiger charge is 2.34. The molecule has 0 spiro atoms. The van der Waals surface area contributed by atoms with Crippen molar-refractivity contribution in [1.82, 2.24) is 15.5 Å². The van der Waals surface area contributed by atoms with Crippen molar-refractivity contribution in [1.29, 1.82) is 0 Å². The molecule has 2 unspecified atom stereocenters. The summed E-state index contributed by atoms with van der Waals surface area (Å²) < 4.78 is 5.64. The second-order valence-electron chi connectivity index (χ2n) is 5.68. The van der Waals surface area contributed by atoms with E-state index in [1.807, 2.05) is 6.92 Å². The molecule has 0 aromatic carbocycles. The maximum atomic E-state index is 12.2. The Hall–Kier alpha value is -0.650. The third kappa shape index (κ3) is 3.43. The molecular formula is C13H25N3O2. The molecule has 5 nitrogen and oxygen atoms in total. The van der Waals surface area contributed by atoms with Crippen molar-refractivity contribution in [2.24, 2.45) is 0 Å². The smallest absolute Gasteiger partial charge is 0.240 e. The van der Waals surface area contributed by atoms with Gasteiger partial charge in [0.05, 0.1) is 18.2 Å². The van der Waals surface area contributed by atoms with Crippen LogP contribution in [-0.4, -0.2) is 62.3 Å². The molecule has 2 saturated heterocycles. The first-order valence-corrected chi connectivity index (χ1v) is 6.94. The number of rotatable bonds is 3. The fraction of sp³-hybridized carbons (Fsp3) is 0.923. The molecule has 0 radical (unpaired) electrons. The van der Waals surface area contributed by atoms with E-state index in [-0.39, 0.29) is 12.0 Å². The van der Waals surface area contributed by atoms with Crippen molar-refractivity contribution in [2.45, 2.75) is 37.8 Å². The third-order valence-electron chi connectivity index (χ3n) is 3.95. The maximum Gasteiger partial charge on any atom is 0.240 e. The monoisotopic (exact) mass is 255 g/mol. The van der Waals surface area contributed by atoms with Crippen LogP contribution >= 0.6 is 0 Å². The van der Waals surface area contributed by atoms with Crippen LogP contribution < -0.4 is 10.6 Å². The maximum absolute atomic E-state index is 12.2. The average Bonchev–Trinajstić information content (AvgIpc) is 2.37. The van der Waals surface area contributed by atoms with Gasteiger partial charge in [-0.2, -0.15) is 0 Å². The van der Waals surface area contributed by atoms with Gasteiger partial charge in [-0.25, -0.2) is 0 Å². The fourth-order valence-electron chi connectivity index (χ4n) is 2.64. The number of carbonyl (C=O) groups is 1. The van der Waals surface area contributed by atoms with E-state index in [9.17, 15) is 4.79 Å². The minimum Gasteiger partial charge on any atom is -0.374 e. The van der Waals surface area contributed by atoms with Gasteiger partial charge in [0.2, 0.25) is 5.91 Å². The molecule has 0 saturated carbocycles. The van der Waals surface area contributed by atoms with Crippen LogP contribution in [0.4, 0.5) is 0 Å². The molecule has 2 atom stereocenters. The summed E-state index contributed by atoms with van der Waals surface area (Å²) in [4.78, 5) is 14.4. The summed E-state index contributed by atoms with van der Waals surface area (Å²) in [5, 5.41) is 6.36. The molecular weight excluding hydrogens is 230 g/mol. The average molecular weight is 255 g/mol. The number of ether oxygens (including phenoxy) is 1. The van der Waals surface area contributed by atoms with E-state index >= 15 is 0 Å². The highest BCUT2D eigenvalue weighted by Crippen LogP contribution is 2.18. The molecule has 1 amide bonds. The Bertz CT molecular complexity index is 290. The number of amides is 1. The third-order valence-corrected chi connectivity index (χ3v) is 3.95. The molecule has 0 aliphatic carbocycles. The van der Waals surface area contributed by atoms with E-state index in [4.69, 9.17) is 4.74 Å². The Morgan fingerprint density at radius 1 is 1.56 bits per heavy atom. The van der Waals surface area contributed by atoms with Crippen molar-refractivity contribution in [2.75, 3.05) is 39.8 Å². The Labute approximate surface area is 109 Å². The van der Waals surface area contributed by atoms with Gasteiger partial charge in [0.15, 0.2) is 0 Å². The summed E-state index contributed by atoms with van der Waals surface area (Å²) in [6.07, 6.45) is 3.34.